The van der Waals surface area contributed by atoms with Crippen molar-refractivity contribution in [2.24, 2.45) is 0 Å². The fourth-order valence-corrected chi connectivity index (χ4v) is 2.19. The van der Waals surface area contributed by atoms with E-state index in [2.05, 4.69) is 10.6 Å². The zero-order chi connectivity index (χ0) is 17.4. The second-order valence-corrected chi connectivity index (χ2v) is 5.20. The number of nitriles is 1. The summed E-state index contributed by atoms with van der Waals surface area (Å²) < 4.78 is 5.16. The van der Waals surface area contributed by atoms with Crippen LogP contribution in [-0.4, -0.2) is 13.0 Å². The van der Waals surface area contributed by atoms with Crippen molar-refractivity contribution in [2.75, 3.05) is 12.4 Å². The minimum absolute atomic E-state index is 0.0482. The van der Waals surface area contributed by atoms with Crippen molar-refractivity contribution in [3.8, 4) is 11.8 Å². The van der Waals surface area contributed by atoms with Crippen LogP contribution in [0.1, 0.15) is 5.56 Å². The predicted molar refractivity (Wildman–Crippen MR) is 93.6 cm³/mol. The number of methoxy groups -OCH3 is 1. The molecule has 0 heterocycles. The third-order valence-corrected chi connectivity index (χ3v) is 3.59. The minimum atomic E-state index is -0.520. The van der Waals surface area contributed by atoms with E-state index in [1.807, 2.05) is 24.3 Å². The van der Waals surface area contributed by atoms with Gasteiger partial charge in [-0.2, -0.15) is 5.26 Å². The Hall–Kier alpha value is -2.97. The number of nitrogens with one attached hydrogen (secondary N) is 2. The maximum absolute atomic E-state index is 12.2. The first-order chi connectivity index (χ1) is 11.7. The molecular formula is C18H16ClN3O2. The molecule has 0 aliphatic carbocycles. The Morgan fingerprint density at radius 1 is 1.25 bits per heavy atom. The normalized spacial score (nSPS) is 10.6. The number of benzene rings is 2. The molecule has 122 valence electrons. The Morgan fingerprint density at radius 2 is 1.96 bits per heavy atom. The zero-order valence-corrected chi connectivity index (χ0v) is 13.8. The van der Waals surface area contributed by atoms with Crippen LogP contribution in [0.4, 0.5) is 5.69 Å². The molecule has 0 radical (unpaired) electrons. The van der Waals surface area contributed by atoms with Crippen LogP contribution < -0.4 is 15.4 Å². The van der Waals surface area contributed by atoms with E-state index < -0.39 is 5.91 Å². The molecule has 0 fully saturated rings. The molecule has 2 rings (SSSR count). The average molecular weight is 342 g/mol. The molecule has 1 amide bonds. The predicted octanol–water partition coefficient (Wildman–Crippen LogP) is 3.48. The van der Waals surface area contributed by atoms with Gasteiger partial charge in [0.15, 0.2) is 0 Å². The molecule has 5 nitrogen and oxygen atoms in total. The molecule has 2 aromatic carbocycles. The van der Waals surface area contributed by atoms with E-state index in [9.17, 15) is 10.1 Å². The molecule has 0 saturated heterocycles. The average Bonchev–Trinajstić information content (AvgIpc) is 2.60. The number of carbonyl (C=O) groups excluding carboxylic acids is 1. The molecule has 6 heteroatoms. The van der Waals surface area contributed by atoms with Gasteiger partial charge in [0.05, 0.1) is 12.8 Å². The van der Waals surface area contributed by atoms with Crippen molar-refractivity contribution in [3.63, 3.8) is 0 Å². The van der Waals surface area contributed by atoms with Gasteiger partial charge in [-0.1, -0.05) is 41.9 Å². The number of para-hydroxylation sites is 2. The number of ether oxygens (including phenoxy) is 1. The van der Waals surface area contributed by atoms with Crippen LogP contribution >= 0.6 is 11.6 Å². The molecule has 0 saturated carbocycles. The van der Waals surface area contributed by atoms with Gasteiger partial charge in [0.1, 0.15) is 17.4 Å². The summed E-state index contributed by atoms with van der Waals surface area (Å²) in [6.07, 6.45) is 1.37. The monoisotopic (exact) mass is 341 g/mol. The number of anilines is 1. The summed E-state index contributed by atoms with van der Waals surface area (Å²) in [5.41, 5.74) is 1.32. The van der Waals surface area contributed by atoms with Crippen molar-refractivity contribution in [3.05, 3.63) is 70.9 Å². The first-order valence-electron chi connectivity index (χ1n) is 7.17. The van der Waals surface area contributed by atoms with E-state index in [-0.39, 0.29) is 5.57 Å². The van der Waals surface area contributed by atoms with Crippen molar-refractivity contribution in [1.29, 1.82) is 5.26 Å². The molecule has 2 aromatic rings. The lowest BCUT2D eigenvalue weighted by molar-refractivity contribution is -0.112. The van der Waals surface area contributed by atoms with E-state index in [1.165, 1.54) is 13.3 Å². The number of hydrogen-bond acceptors (Lipinski definition) is 4. The van der Waals surface area contributed by atoms with Crippen LogP contribution in [0.15, 0.2) is 60.3 Å². The summed E-state index contributed by atoms with van der Waals surface area (Å²) >= 11 is 6.06. The lowest BCUT2D eigenvalue weighted by atomic mass is 10.2. The van der Waals surface area contributed by atoms with Gasteiger partial charge in [-0.05, 0) is 23.8 Å². The molecule has 0 aromatic heterocycles. The number of hydrogen-bond donors (Lipinski definition) is 2. The summed E-state index contributed by atoms with van der Waals surface area (Å²) in [6.45, 7) is 0.410. The fourth-order valence-electron chi connectivity index (χ4n) is 1.99. The van der Waals surface area contributed by atoms with Gasteiger partial charge in [0.25, 0.3) is 5.91 Å². The molecule has 2 N–H and O–H groups in total. The quantitative estimate of drug-likeness (QED) is 0.623. The zero-order valence-electron chi connectivity index (χ0n) is 13.0. The van der Waals surface area contributed by atoms with Crippen LogP contribution in [0.25, 0.3) is 0 Å². The summed E-state index contributed by atoms with van der Waals surface area (Å²) in [4.78, 5) is 12.2. The summed E-state index contributed by atoms with van der Waals surface area (Å²) in [5.74, 6) is 0.000764. The Balaban J connectivity index is 2.03. The Morgan fingerprint density at radius 3 is 2.67 bits per heavy atom. The largest absolute Gasteiger partial charge is 0.495 e. The van der Waals surface area contributed by atoms with Crippen molar-refractivity contribution < 1.29 is 9.53 Å². The second-order valence-electron chi connectivity index (χ2n) is 4.80. The smallest absolute Gasteiger partial charge is 0.267 e. The van der Waals surface area contributed by atoms with Crippen LogP contribution in [0, 0.1) is 11.3 Å². The SMILES string of the molecule is COc1ccccc1NC(=O)/C(C#N)=C\NCc1ccccc1Cl. The highest BCUT2D eigenvalue weighted by Gasteiger charge is 2.11. The maximum atomic E-state index is 12.2. The molecule has 0 atom stereocenters. The first-order valence-corrected chi connectivity index (χ1v) is 7.55. The summed E-state index contributed by atoms with van der Waals surface area (Å²) in [5, 5.41) is 15.4. The van der Waals surface area contributed by atoms with Crippen LogP contribution in [0.5, 0.6) is 5.75 Å². The molecule has 0 bridgehead atoms. The number of nitrogens with zero attached hydrogens (tertiary/aromatic N) is 1. The summed E-state index contributed by atoms with van der Waals surface area (Å²) in [6, 6.07) is 16.2. The van der Waals surface area contributed by atoms with Gasteiger partial charge in [-0.3, -0.25) is 4.79 Å². The first kappa shape index (κ1) is 17.4. The summed E-state index contributed by atoms with van der Waals surface area (Å²) in [7, 11) is 1.51. The topological polar surface area (TPSA) is 74.1 Å². The Bertz CT molecular complexity index is 797. The highest BCUT2D eigenvalue weighted by molar-refractivity contribution is 6.31. The molecule has 0 unspecified atom stereocenters. The van der Waals surface area contributed by atoms with Crippen molar-refractivity contribution >= 4 is 23.2 Å². The van der Waals surface area contributed by atoms with Crippen LogP contribution in [0.3, 0.4) is 0 Å². The maximum Gasteiger partial charge on any atom is 0.267 e. The molecule has 0 spiro atoms. The van der Waals surface area contributed by atoms with Gasteiger partial charge < -0.3 is 15.4 Å². The standard InChI is InChI=1S/C18H16ClN3O2/c1-24-17-9-5-4-8-16(17)22-18(23)14(10-20)12-21-11-13-6-2-3-7-15(13)19/h2-9,12,21H,11H2,1H3,(H,22,23)/b14-12-. The molecule has 24 heavy (non-hydrogen) atoms. The third kappa shape index (κ3) is 4.51. The second kappa shape index (κ2) is 8.61. The van der Waals surface area contributed by atoms with Crippen LogP contribution in [-0.2, 0) is 11.3 Å². The van der Waals surface area contributed by atoms with E-state index in [0.717, 1.165) is 5.56 Å². The number of rotatable bonds is 6. The molecular weight excluding hydrogens is 326 g/mol. The lowest BCUT2D eigenvalue weighted by Crippen LogP contribution is -2.17. The number of amides is 1. The van der Waals surface area contributed by atoms with Gasteiger partial charge in [0, 0.05) is 17.8 Å². The van der Waals surface area contributed by atoms with Crippen molar-refractivity contribution in [1.82, 2.24) is 5.32 Å². The fraction of sp³-hybridized carbons (Fsp3) is 0.111. The van der Waals surface area contributed by atoms with E-state index in [1.54, 1.807) is 30.3 Å². The number of carbonyl (C=O) groups is 1. The van der Waals surface area contributed by atoms with Crippen LogP contribution in [0.2, 0.25) is 5.02 Å². The number of halogens is 1. The van der Waals surface area contributed by atoms with Gasteiger partial charge >= 0.3 is 0 Å². The molecule has 0 aliphatic heterocycles. The highest BCUT2D eigenvalue weighted by atomic mass is 35.5. The van der Waals surface area contributed by atoms with E-state index in [0.29, 0.717) is 23.0 Å². The van der Waals surface area contributed by atoms with E-state index in [4.69, 9.17) is 16.3 Å². The van der Waals surface area contributed by atoms with E-state index >= 15 is 0 Å². The van der Waals surface area contributed by atoms with Gasteiger partial charge in [-0.25, -0.2) is 0 Å². The van der Waals surface area contributed by atoms with Gasteiger partial charge in [-0.15, -0.1) is 0 Å². The molecule has 0 aliphatic rings. The van der Waals surface area contributed by atoms with Crippen molar-refractivity contribution in [2.45, 2.75) is 6.54 Å². The Labute approximate surface area is 145 Å². The third-order valence-electron chi connectivity index (χ3n) is 3.22. The Kier molecular flexibility index (Phi) is 6.23. The van der Waals surface area contributed by atoms with Gasteiger partial charge in [0.2, 0.25) is 0 Å². The highest BCUT2D eigenvalue weighted by Crippen LogP contribution is 2.23. The minimum Gasteiger partial charge on any atom is -0.495 e. The lowest BCUT2D eigenvalue weighted by Gasteiger charge is -2.09.